The summed E-state index contributed by atoms with van der Waals surface area (Å²) in [6, 6.07) is 6.22. The van der Waals surface area contributed by atoms with Crippen LogP contribution in [-0.4, -0.2) is 48.9 Å². The van der Waals surface area contributed by atoms with Crippen molar-refractivity contribution in [3.63, 3.8) is 0 Å². The molecule has 0 radical (unpaired) electrons. The second-order valence-electron chi connectivity index (χ2n) is 9.39. The van der Waals surface area contributed by atoms with Crippen molar-refractivity contribution in [2.75, 3.05) is 13.1 Å². The van der Waals surface area contributed by atoms with Gasteiger partial charge in [0.25, 0.3) is 5.56 Å². The summed E-state index contributed by atoms with van der Waals surface area (Å²) >= 11 is 0. The second kappa shape index (κ2) is 8.20. The van der Waals surface area contributed by atoms with E-state index in [1.807, 2.05) is 4.90 Å². The Morgan fingerprint density at radius 1 is 1.26 bits per heavy atom. The van der Waals surface area contributed by atoms with E-state index < -0.39 is 0 Å². The Bertz CT molecular complexity index is 1150. The fraction of sp³-hybridized carbons (Fsp3) is 0.500. The van der Waals surface area contributed by atoms with Gasteiger partial charge < -0.3 is 9.88 Å². The molecule has 0 aliphatic carbocycles. The van der Waals surface area contributed by atoms with Crippen LogP contribution in [0.15, 0.2) is 29.1 Å². The SMILES string of the molecule is CC(C)(C)CC(=O)N1CCC(c2nc3c(nnn3Cc3cccc(F)c3)c(=O)[nH]2)CC1. The molecule has 3 aromatic rings. The molecule has 1 aromatic carbocycles. The molecule has 2 aromatic heterocycles. The molecule has 8 nitrogen and oxygen atoms in total. The van der Waals surface area contributed by atoms with Gasteiger partial charge >= 0.3 is 0 Å². The zero-order valence-corrected chi connectivity index (χ0v) is 18.1. The Morgan fingerprint density at radius 3 is 2.68 bits per heavy atom. The van der Waals surface area contributed by atoms with Gasteiger partial charge in [0, 0.05) is 25.4 Å². The minimum absolute atomic E-state index is 0.0428. The minimum Gasteiger partial charge on any atom is -0.343 e. The van der Waals surface area contributed by atoms with Crippen LogP contribution in [0.3, 0.4) is 0 Å². The highest BCUT2D eigenvalue weighted by atomic mass is 19.1. The fourth-order valence-electron chi connectivity index (χ4n) is 3.96. The van der Waals surface area contributed by atoms with Gasteiger partial charge in [0.2, 0.25) is 5.91 Å². The third-order valence-electron chi connectivity index (χ3n) is 5.53. The largest absolute Gasteiger partial charge is 0.343 e. The molecule has 0 saturated carbocycles. The Hall–Kier alpha value is -3.10. The molecule has 1 fully saturated rings. The van der Waals surface area contributed by atoms with Crippen molar-refractivity contribution in [3.8, 4) is 0 Å². The molecular weight excluding hydrogens is 399 g/mol. The number of halogens is 1. The molecule has 31 heavy (non-hydrogen) atoms. The summed E-state index contributed by atoms with van der Waals surface area (Å²) in [5.74, 6) is 0.470. The Morgan fingerprint density at radius 2 is 2.00 bits per heavy atom. The van der Waals surface area contributed by atoms with E-state index in [2.05, 4.69) is 41.1 Å². The Labute approximate surface area is 179 Å². The number of fused-ring (bicyclic) bond motifs is 1. The van der Waals surface area contributed by atoms with E-state index in [1.165, 1.54) is 16.8 Å². The highest BCUT2D eigenvalue weighted by Crippen LogP contribution is 2.28. The lowest BCUT2D eigenvalue weighted by Gasteiger charge is -2.33. The predicted octanol–water partition coefficient (Wildman–Crippen LogP) is 2.84. The summed E-state index contributed by atoms with van der Waals surface area (Å²) in [7, 11) is 0. The van der Waals surface area contributed by atoms with Crippen LogP contribution < -0.4 is 5.56 Å². The molecule has 0 unspecified atom stereocenters. The van der Waals surface area contributed by atoms with Gasteiger partial charge in [-0.1, -0.05) is 38.1 Å². The van der Waals surface area contributed by atoms with Gasteiger partial charge in [-0.25, -0.2) is 14.1 Å². The summed E-state index contributed by atoms with van der Waals surface area (Å²) in [6.45, 7) is 7.72. The van der Waals surface area contributed by atoms with E-state index in [0.29, 0.717) is 36.5 Å². The normalized spacial score (nSPS) is 15.5. The topological polar surface area (TPSA) is 96.8 Å². The Kier molecular flexibility index (Phi) is 5.60. The van der Waals surface area contributed by atoms with Crippen molar-refractivity contribution < 1.29 is 9.18 Å². The summed E-state index contributed by atoms with van der Waals surface area (Å²) in [5.41, 5.74) is 0.878. The van der Waals surface area contributed by atoms with Crippen LogP contribution in [0.25, 0.3) is 11.2 Å². The number of carbonyl (C=O) groups excluding carboxylic acids is 1. The van der Waals surface area contributed by atoms with E-state index in [9.17, 15) is 14.0 Å². The van der Waals surface area contributed by atoms with Gasteiger partial charge in [-0.3, -0.25) is 9.59 Å². The smallest absolute Gasteiger partial charge is 0.281 e. The lowest BCUT2D eigenvalue weighted by Crippen LogP contribution is -2.39. The third kappa shape index (κ3) is 4.81. The van der Waals surface area contributed by atoms with Gasteiger partial charge in [0.1, 0.15) is 11.6 Å². The monoisotopic (exact) mass is 426 g/mol. The quantitative estimate of drug-likeness (QED) is 0.692. The molecule has 164 valence electrons. The zero-order chi connectivity index (χ0) is 22.2. The lowest BCUT2D eigenvalue weighted by molar-refractivity contribution is -0.134. The number of aromatic amines is 1. The number of hydrogen-bond acceptors (Lipinski definition) is 5. The first kappa shape index (κ1) is 21.1. The van der Waals surface area contributed by atoms with Crippen molar-refractivity contribution in [1.29, 1.82) is 0 Å². The molecule has 1 aliphatic heterocycles. The molecule has 1 N–H and O–H groups in total. The highest BCUT2D eigenvalue weighted by molar-refractivity contribution is 5.77. The van der Waals surface area contributed by atoms with E-state index in [4.69, 9.17) is 0 Å². The first-order chi connectivity index (χ1) is 14.7. The maximum atomic E-state index is 13.5. The van der Waals surface area contributed by atoms with Gasteiger partial charge in [0.05, 0.1) is 6.54 Å². The lowest BCUT2D eigenvalue weighted by atomic mass is 9.90. The fourth-order valence-corrected chi connectivity index (χ4v) is 3.96. The first-order valence-corrected chi connectivity index (χ1v) is 10.6. The molecule has 9 heteroatoms. The van der Waals surface area contributed by atoms with Crippen LogP contribution >= 0.6 is 0 Å². The number of piperidine rings is 1. The first-order valence-electron chi connectivity index (χ1n) is 10.6. The van der Waals surface area contributed by atoms with Gasteiger partial charge in [-0.15, -0.1) is 5.10 Å². The van der Waals surface area contributed by atoms with Gasteiger partial charge in [-0.05, 0) is 36.0 Å². The maximum absolute atomic E-state index is 13.5. The molecule has 0 atom stereocenters. The average molecular weight is 426 g/mol. The average Bonchev–Trinajstić information content (AvgIpc) is 3.10. The summed E-state index contributed by atoms with van der Waals surface area (Å²) in [5, 5.41) is 8.00. The van der Waals surface area contributed by atoms with Crippen LogP contribution in [0, 0.1) is 11.2 Å². The van der Waals surface area contributed by atoms with Crippen LogP contribution in [0.2, 0.25) is 0 Å². The number of hydrogen-bond donors (Lipinski definition) is 1. The Balaban J connectivity index is 1.53. The number of nitrogens with zero attached hydrogens (tertiary/aromatic N) is 5. The summed E-state index contributed by atoms with van der Waals surface area (Å²) in [6.07, 6.45) is 1.98. The molecule has 0 spiro atoms. The molecule has 1 amide bonds. The van der Waals surface area contributed by atoms with Crippen molar-refractivity contribution in [2.45, 2.75) is 52.5 Å². The molecule has 4 rings (SSSR count). The summed E-state index contributed by atoms with van der Waals surface area (Å²) < 4.78 is 15.0. The van der Waals surface area contributed by atoms with E-state index >= 15 is 0 Å². The molecule has 1 aliphatic rings. The number of likely N-dealkylation sites (tertiary alicyclic amines) is 1. The number of aromatic nitrogens is 5. The third-order valence-corrected chi connectivity index (χ3v) is 5.53. The second-order valence-corrected chi connectivity index (χ2v) is 9.39. The van der Waals surface area contributed by atoms with Crippen molar-refractivity contribution >= 4 is 17.1 Å². The number of H-pyrrole nitrogens is 1. The van der Waals surface area contributed by atoms with Gasteiger partial charge in [0.15, 0.2) is 11.2 Å². The van der Waals surface area contributed by atoms with E-state index in [-0.39, 0.29) is 40.7 Å². The molecule has 1 saturated heterocycles. The summed E-state index contributed by atoms with van der Waals surface area (Å²) in [4.78, 5) is 34.4. The maximum Gasteiger partial charge on any atom is 0.281 e. The van der Waals surface area contributed by atoms with Crippen LogP contribution in [0.4, 0.5) is 4.39 Å². The number of amides is 1. The number of benzene rings is 1. The molecule has 0 bridgehead atoms. The number of carbonyl (C=O) groups is 1. The standard InChI is InChI=1S/C22H27FN6O2/c1-22(2,3)12-17(30)28-9-7-15(8-10-28)19-24-20-18(21(31)25-19)26-27-29(20)13-14-5-4-6-16(23)11-14/h4-6,11,15H,7-10,12-13H2,1-3H3,(H,24,25,31). The highest BCUT2D eigenvalue weighted by Gasteiger charge is 2.28. The number of nitrogens with one attached hydrogen (secondary N) is 1. The van der Waals surface area contributed by atoms with E-state index in [1.54, 1.807) is 12.1 Å². The zero-order valence-electron chi connectivity index (χ0n) is 18.1. The van der Waals surface area contributed by atoms with Crippen molar-refractivity contribution in [1.82, 2.24) is 29.9 Å². The molecular formula is C22H27FN6O2. The predicted molar refractivity (Wildman–Crippen MR) is 114 cm³/mol. The molecule has 3 heterocycles. The van der Waals surface area contributed by atoms with E-state index in [0.717, 1.165) is 12.8 Å². The van der Waals surface area contributed by atoms with Crippen LogP contribution in [-0.2, 0) is 11.3 Å². The van der Waals surface area contributed by atoms with Crippen molar-refractivity contribution in [2.24, 2.45) is 5.41 Å². The van der Waals surface area contributed by atoms with Crippen molar-refractivity contribution in [3.05, 3.63) is 51.8 Å². The van der Waals surface area contributed by atoms with Crippen LogP contribution in [0.5, 0.6) is 0 Å². The van der Waals surface area contributed by atoms with Crippen LogP contribution in [0.1, 0.15) is 57.3 Å². The minimum atomic E-state index is -0.336. The number of rotatable bonds is 4. The van der Waals surface area contributed by atoms with Gasteiger partial charge in [-0.2, -0.15) is 0 Å².